The summed E-state index contributed by atoms with van der Waals surface area (Å²) in [6, 6.07) is 7.90. The summed E-state index contributed by atoms with van der Waals surface area (Å²) in [6.07, 6.45) is 2.89. The molecule has 1 heterocycles. The fourth-order valence-corrected chi connectivity index (χ4v) is 2.13. The second-order valence-corrected chi connectivity index (χ2v) is 4.95. The summed E-state index contributed by atoms with van der Waals surface area (Å²) >= 11 is 0. The monoisotopic (exact) mass is 244 g/mol. The molecule has 1 unspecified atom stereocenters. The first-order valence-corrected chi connectivity index (χ1v) is 6.45. The van der Waals surface area contributed by atoms with Crippen LogP contribution in [0.1, 0.15) is 30.6 Å². The fraction of sp³-hybridized carbons (Fsp3) is 0.400. The molecule has 96 valence electrons. The minimum atomic E-state index is 0.0905. The Morgan fingerprint density at radius 1 is 1.39 bits per heavy atom. The molecule has 0 saturated carbocycles. The number of H-pyrrole nitrogens is 1. The highest BCUT2D eigenvalue weighted by atomic mass is 16.2. The first kappa shape index (κ1) is 12.7. The van der Waals surface area contributed by atoms with E-state index < -0.39 is 0 Å². The van der Waals surface area contributed by atoms with Crippen LogP contribution in [-0.4, -0.2) is 29.4 Å². The molecule has 0 saturated heterocycles. The van der Waals surface area contributed by atoms with Crippen molar-refractivity contribution in [1.29, 1.82) is 0 Å². The van der Waals surface area contributed by atoms with E-state index in [4.69, 9.17) is 0 Å². The second kappa shape index (κ2) is 5.25. The Bertz CT molecular complexity index is 544. The van der Waals surface area contributed by atoms with Crippen LogP contribution in [0.15, 0.2) is 30.5 Å². The molecular weight excluding hydrogens is 224 g/mol. The zero-order valence-corrected chi connectivity index (χ0v) is 11.2. The number of nitrogens with zero attached hydrogens (tertiary/aromatic N) is 1. The Morgan fingerprint density at radius 3 is 2.83 bits per heavy atom. The van der Waals surface area contributed by atoms with E-state index in [0.29, 0.717) is 5.92 Å². The van der Waals surface area contributed by atoms with Crippen LogP contribution in [0.5, 0.6) is 0 Å². The Morgan fingerprint density at radius 2 is 2.11 bits per heavy atom. The number of amides is 1. The molecule has 1 N–H and O–H groups in total. The van der Waals surface area contributed by atoms with Crippen LogP contribution in [0.25, 0.3) is 10.9 Å². The van der Waals surface area contributed by atoms with Crippen molar-refractivity contribution in [3.63, 3.8) is 0 Å². The maximum Gasteiger partial charge on any atom is 0.255 e. The summed E-state index contributed by atoms with van der Waals surface area (Å²) in [7, 11) is 1.87. The summed E-state index contributed by atoms with van der Waals surface area (Å²) in [6.45, 7) is 5.11. The van der Waals surface area contributed by atoms with Crippen molar-refractivity contribution in [3.8, 4) is 0 Å². The number of carbonyl (C=O) groups excluding carboxylic acids is 1. The lowest BCUT2D eigenvalue weighted by Crippen LogP contribution is -2.30. The summed E-state index contributed by atoms with van der Waals surface area (Å²) < 4.78 is 0. The standard InChI is InChI=1S/C15H20N2O/c1-4-11(2)10-17(3)15(18)13-9-16-14-8-6-5-7-12(13)14/h5-9,11,16H,4,10H2,1-3H3. The molecule has 18 heavy (non-hydrogen) atoms. The number of carbonyl (C=O) groups is 1. The lowest BCUT2D eigenvalue weighted by molar-refractivity contribution is 0.0777. The number of aromatic amines is 1. The van der Waals surface area contributed by atoms with Crippen LogP contribution in [0.3, 0.4) is 0 Å². The number of nitrogens with one attached hydrogen (secondary N) is 1. The van der Waals surface area contributed by atoms with E-state index in [1.165, 1.54) is 0 Å². The first-order chi connectivity index (χ1) is 8.63. The maximum absolute atomic E-state index is 12.4. The van der Waals surface area contributed by atoms with Gasteiger partial charge < -0.3 is 9.88 Å². The SMILES string of the molecule is CCC(C)CN(C)C(=O)c1c[nH]c2ccccc12. The van der Waals surface area contributed by atoms with Crippen molar-refractivity contribution >= 4 is 16.8 Å². The van der Waals surface area contributed by atoms with Crippen LogP contribution < -0.4 is 0 Å². The molecule has 0 spiro atoms. The molecule has 1 aromatic heterocycles. The number of fused-ring (bicyclic) bond motifs is 1. The predicted octanol–water partition coefficient (Wildman–Crippen LogP) is 3.29. The summed E-state index contributed by atoms with van der Waals surface area (Å²) in [5.41, 5.74) is 1.77. The van der Waals surface area contributed by atoms with Gasteiger partial charge in [-0.05, 0) is 12.0 Å². The van der Waals surface area contributed by atoms with Gasteiger partial charge in [-0.15, -0.1) is 0 Å². The lowest BCUT2D eigenvalue weighted by Gasteiger charge is -2.20. The molecule has 0 aliphatic heterocycles. The topological polar surface area (TPSA) is 36.1 Å². The van der Waals surface area contributed by atoms with Gasteiger partial charge in [0.05, 0.1) is 5.56 Å². The van der Waals surface area contributed by atoms with E-state index in [1.807, 2.05) is 36.2 Å². The van der Waals surface area contributed by atoms with Gasteiger partial charge in [0, 0.05) is 30.7 Å². The smallest absolute Gasteiger partial charge is 0.255 e. The molecule has 0 aliphatic rings. The van der Waals surface area contributed by atoms with Gasteiger partial charge in [0.25, 0.3) is 5.91 Å². The molecule has 1 aromatic carbocycles. The third-order valence-corrected chi connectivity index (χ3v) is 3.45. The zero-order valence-electron chi connectivity index (χ0n) is 11.2. The molecule has 0 bridgehead atoms. The number of para-hydroxylation sites is 1. The fourth-order valence-electron chi connectivity index (χ4n) is 2.13. The predicted molar refractivity (Wildman–Crippen MR) is 74.7 cm³/mol. The van der Waals surface area contributed by atoms with Crippen LogP contribution in [0.4, 0.5) is 0 Å². The van der Waals surface area contributed by atoms with Crippen molar-refractivity contribution in [3.05, 3.63) is 36.0 Å². The van der Waals surface area contributed by atoms with Crippen molar-refractivity contribution in [2.45, 2.75) is 20.3 Å². The molecule has 1 atom stereocenters. The first-order valence-electron chi connectivity index (χ1n) is 6.45. The van der Waals surface area contributed by atoms with Crippen molar-refractivity contribution in [1.82, 2.24) is 9.88 Å². The maximum atomic E-state index is 12.4. The Labute approximate surface area is 108 Å². The number of benzene rings is 1. The summed E-state index contributed by atoms with van der Waals surface area (Å²) in [4.78, 5) is 17.3. The molecule has 2 rings (SSSR count). The Kier molecular flexibility index (Phi) is 3.70. The quantitative estimate of drug-likeness (QED) is 0.880. The van der Waals surface area contributed by atoms with Gasteiger partial charge in [-0.2, -0.15) is 0 Å². The summed E-state index contributed by atoms with van der Waals surface area (Å²) in [5, 5.41) is 0.999. The highest BCUT2D eigenvalue weighted by Crippen LogP contribution is 2.19. The van der Waals surface area contributed by atoms with E-state index in [9.17, 15) is 4.79 Å². The molecule has 1 amide bonds. The molecule has 0 radical (unpaired) electrons. The number of aromatic nitrogens is 1. The molecule has 3 nitrogen and oxygen atoms in total. The third-order valence-electron chi connectivity index (χ3n) is 3.45. The highest BCUT2D eigenvalue weighted by molar-refractivity contribution is 6.06. The van der Waals surface area contributed by atoms with Gasteiger partial charge in [-0.25, -0.2) is 0 Å². The van der Waals surface area contributed by atoms with Gasteiger partial charge in [0.2, 0.25) is 0 Å². The summed E-state index contributed by atoms with van der Waals surface area (Å²) in [5.74, 6) is 0.622. The average molecular weight is 244 g/mol. The van der Waals surface area contributed by atoms with E-state index >= 15 is 0 Å². The van der Waals surface area contributed by atoms with Gasteiger partial charge in [0.1, 0.15) is 0 Å². The van der Waals surface area contributed by atoms with E-state index in [-0.39, 0.29) is 5.91 Å². The Balaban J connectivity index is 2.23. The number of hydrogen-bond acceptors (Lipinski definition) is 1. The van der Waals surface area contributed by atoms with Crippen molar-refractivity contribution in [2.75, 3.05) is 13.6 Å². The van der Waals surface area contributed by atoms with Crippen LogP contribution in [0, 0.1) is 5.92 Å². The highest BCUT2D eigenvalue weighted by Gasteiger charge is 2.17. The minimum absolute atomic E-state index is 0.0905. The number of rotatable bonds is 4. The molecule has 3 heteroatoms. The van der Waals surface area contributed by atoms with E-state index in [1.54, 1.807) is 6.20 Å². The van der Waals surface area contributed by atoms with Gasteiger partial charge in [-0.1, -0.05) is 38.5 Å². The van der Waals surface area contributed by atoms with Gasteiger partial charge >= 0.3 is 0 Å². The van der Waals surface area contributed by atoms with Crippen LogP contribution >= 0.6 is 0 Å². The number of hydrogen-bond donors (Lipinski definition) is 1. The zero-order chi connectivity index (χ0) is 13.1. The molecule has 0 fully saturated rings. The van der Waals surface area contributed by atoms with E-state index in [0.717, 1.165) is 29.4 Å². The molecule has 2 aromatic rings. The third kappa shape index (κ3) is 2.40. The lowest BCUT2D eigenvalue weighted by atomic mass is 10.1. The van der Waals surface area contributed by atoms with E-state index in [2.05, 4.69) is 18.8 Å². The Hall–Kier alpha value is -1.77. The minimum Gasteiger partial charge on any atom is -0.360 e. The molecular formula is C15H20N2O. The van der Waals surface area contributed by atoms with Gasteiger partial charge in [0.15, 0.2) is 0 Å². The van der Waals surface area contributed by atoms with Crippen LogP contribution in [-0.2, 0) is 0 Å². The van der Waals surface area contributed by atoms with Crippen LogP contribution in [0.2, 0.25) is 0 Å². The molecule has 0 aliphatic carbocycles. The average Bonchev–Trinajstić information content (AvgIpc) is 2.81. The second-order valence-electron chi connectivity index (χ2n) is 4.95. The van der Waals surface area contributed by atoms with Crippen molar-refractivity contribution < 1.29 is 4.79 Å². The normalized spacial score (nSPS) is 12.6. The largest absolute Gasteiger partial charge is 0.360 e. The van der Waals surface area contributed by atoms with Gasteiger partial charge in [-0.3, -0.25) is 4.79 Å². The van der Waals surface area contributed by atoms with Crippen molar-refractivity contribution in [2.24, 2.45) is 5.92 Å².